The summed E-state index contributed by atoms with van der Waals surface area (Å²) < 4.78 is 16.8. The fourth-order valence-corrected chi connectivity index (χ4v) is 4.03. The maximum absolute atomic E-state index is 12.9. The van der Waals surface area contributed by atoms with E-state index in [-0.39, 0.29) is 24.5 Å². The number of piperazine rings is 1. The van der Waals surface area contributed by atoms with Crippen molar-refractivity contribution in [3.05, 3.63) is 47.5 Å². The van der Waals surface area contributed by atoms with Crippen LogP contribution in [-0.2, 0) is 9.59 Å². The highest BCUT2D eigenvalue weighted by Gasteiger charge is 2.34. The average Bonchev–Trinajstić information content (AvgIpc) is 2.83. The van der Waals surface area contributed by atoms with Crippen LogP contribution in [0.15, 0.2) is 42.5 Å². The molecule has 1 N–H and O–H groups in total. The van der Waals surface area contributed by atoms with E-state index < -0.39 is 6.10 Å². The number of carbonyl (C=O) groups excluding carboxylic acids is 2. The number of ether oxygens (including phenoxy) is 3. The van der Waals surface area contributed by atoms with Gasteiger partial charge in [-0.05, 0) is 37.3 Å². The molecule has 170 valence electrons. The fourth-order valence-electron chi connectivity index (χ4n) is 3.86. The Kier molecular flexibility index (Phi) is 6.72. The quantitative estimate of drug-likeness (QED) is 0.740. The summed E-state index contributed by atoms with van der Waals surface area (Å²) in [6.07, 6.45) is -0.660. The highest BCUT2D eigenvalue weighted by Crippen LogP contribution is 2.31. The summed E-state index contributed by atoms with van der Waals surface area (Å²) in [6.45, 7) is 4.22. The van der Waals surface area contributed by atoms with Crippen molar-refractivity contribution in [2.45, 2.75) is 19.1 Å². The molecule has 9 heteroatoms. The van der Waals surface area contributed by atoms with E-state index in [1.807, 2.05) is 30.0 Å². The number of halogens is 1. The molecule has 4 rings (SSSR count). The van der Waals surface area contributed by atoms with Gasteiger partial charge in [0, 0.05) is 31.2 Å². The topological polar surface area (TPSA) is 80.3 Å². The Balaban J connectivity index is 1.31. The maximum atomic E-state index is 12.9. The number of benzene rings is 2. The minimum atomic E-state index is -0.660. The first-order chi connectivity index (χ1) is 15.5. The number of rotatable bonds is 5. The molecule has 2 aliphatic heterocycles. The second-order valence-electron chi connectivity index (χ2n) is 7.74. The van der Waals surface area contributed by atoms with Crippen LogP contribution in [0.3, 0.4) is 0 Å². The first-order valence-electron chi connectivity index (χ1n) is 10.5. The normalized spacial score (nSPS) is 19.2. The van der Waals surface area contributed by atoms with Gasteiger partial charge in [0.05, 0.1) is 18.8 Å². The summed E-state index contributed by atoms with van der Waals surface area (Å²) in [5.74, 6) is 1.52. The van der Waals surface area contributed by atoms with E-state index in [2.05, 4.69) is 5.32 Å². The number of fused-ring (bicyclic) bond motifs is 1. The summed E-state index contributed by atoms with van der Waals surface area (Å²) in [5, 5.41) is 3.40. The molecule has 1 saturated heterocycles. The molecule has 2 aromatic carbocycles. The zero-order valence-electron chi connectivity index (χ0n) is 18.0. The SMILES string of the molecule is COc1ccc(Cl)cc1NC(=O)C(C)N1CCN(C(=O)C2COc3ccccc3O2)CC1. The monoisotopic (exact) mass is 459 g/mol. The van der Waals surface area contributed by atoms with Gasteiger partial charge in [-0.25, -0.2) is 0 Å². The predicted octanol–water partition coefficient (Wildman–Crippen LogP) is 2.66. The van der Waals surface area contributed by atoms with Crippen molar-refractivity contribution in [2.24, 2.45) is 0 Å². The van der Waals surface area contributed by atoms with Crippen LogP contribution < -0.4 is 19.5 Å². The molecule has 0 bridgehead atoms. The van der Waals surface area contributed by atoms with Crippen molar-refractivity contribution >= 4 is 29.1 Å². The molecular weight excluding hydrogens is 434 g/mol. The van der Waals surface area contributed by atoms with Crippen molar-refractivity contribution in [3.63, 3.8) is 0 Å². The Labute approximate surface area is 192 Å². The fraction of sp³-hybridized carbons (Fsp3) is 0.391. The molecule has 0 saturated carbocycles. The lowest BCUT2D eigenvalue weighted by Crippen LogP contribution is -2.57. The molecule has 32 heavy (non-hydrogen) atoms. The van der Waals surface area contributed by atoms with Gasteiger partial charge < -0.3 is 24.4 Å². The number of anilines is 1. The van der Waals surface area contributed by atoms with Crippen molar-refractivity contribution in [2.75, 3.05) is 45.2 Å². The van der Waals surface area contributed by atoms with Crippen LogP contribution in [0.25, 0.3) is 0 Å². The molecule has 0 aromatic heterocycles. The molecule has 0 spiro atoms. The van der Waals surface area contributed by atoms with E-state index in [1.165, 1.54) is 7.11 Å². The lowest BCUT2D eigenvalue weighted by molar-refractivity contribution is -0.143. The number of hydrogen-bond donors (Lipinski definition) is 1. The van der Waals surface area contributed by atoms with Gasteiger partial charge in [-0.2, -0.15) is 0 Å². The number of nitrogens with one attached hydrogen (secondary N) is 1. The third-order valence-electron chi connectivity index (χ3n) is 5.76. The maximum Gasteiger partial charge on any atom is 0.267 e. The van der Waals surface area contributed by atoms with E-state index in [1.54, 1.807) is 29.2 Å². The highest BCUT2D eigenvalue weighted by molar-refractivity contribution is 6.31. The number of nitrogens with zero attached hydrogens (tertiary/aromatic N) is 2. The Morgan fingerprint density at radius 2 is 1.84 bits per heavy atom. The van der Waals surface area contributed by atoms with E-state index in [0.717, 1.165) is 0 Å². The molecular formula is C23H26ClN3O5. The number of amides is 2. The molecule has 1 fully saturated rings. The van der Waals surface area contributed by atoms with Crippen molar-refractivity contribution in [1.82, 2.24) is 9.80 Å². The van der Waals surface area contributed by atoms with Crippen LogP contribution in [-0.4, -0.2) is 73.7 Å². The minimum Gasteiger partial charge on any atom is -0.495 e. The molecule has 8 nitrogen and oxygen atoms in total. The minimum absolute atomic E-state index is 0.0973. The molecule has 2 heterocycles. The van der Waals surface area contributed by atoms with Gasteiger partial charge in [-0.15, -0.1) is 0 Å². The highest BCUT2D eigenvalue weighted by atomic mass is 35.5. The largest absolute Gasteiger partial charge is 0.495 e. The summed E-state index contributed by atoms with van der Waals surface area (Å²) in [5.41, 5.74) is 0.528. The van der Waals surface area contributed by atoms with Gasteiger partial charge in [0.25, 0.3) is 5.91 Å². The van der Waals surface area contributed by atoms with Gasteiger partial charge in [-0.3, -0.25) is 14.5 Å². The zero-order valence-corrected chi connectivity index (χ0v) is 18.8. The second kappa shape index (κ2) is 9.67. The second-order valence-corrected chi connectivity index (χ2v) is 8.17. The molecule has 2 atom stereocenters. The van der Waals surface area contributed by atoms with E-state index in [9.17, 15) is 9.59 Å². The smallest absolute Gasteiger partial charge is 0.267 e. The van der Waals surface area contributed by atoms with Crippen LogP contribution in [0.1, 0.15) is 6.92 Å². The molecule has 2 aliphatic rings. The Bertz CT molecular complexity index is 993. The summed E-state index contributed by atoms with van der Waals surface area (Å²) in [7, 11) is 1.54. The molecule has 2 amide bonds. The van der Waals surface area contributed by atoms with Crippen molar-refractivity contribution < 1.29 is 23.8 Å². The van der Waals surface area contributed by atoms with Gasteiger partial charge in [0.1, 0.15) is 12.4 Å². The van der Waals surface area contributed by atoms with Gasteiger partial charge in [-0.1, -0.05) is 23.7 Å². The lowest BCUT2D eigenvalue weighted by Gasteiger charge is -2.39. The summed E-state index contributed by atoms with van der Waals surface area (Å²) in [4.78, 5) is 29.5. The van der Waals surface area contributed by atoms with E-state index in [0.29, 0.717) is 54.1 Å². The zero-order chi connectivity index (χ0) is 22.7. The average molecular weight is 460 g/mol. The molecule has 0 radical (unpaired) electrons. The van der Waals surface area contributed by atoms with Crippen molar-refractivity contribution in [1.29, 1.82) is 0 Å². The van der Waals surface area contributed by atoms with E-state index >= 15 is 0 Å². The Morgan fingerprint density at radius 1 is 1.12 bits per heavy atom. The number of methoxy groups -OCH3 is 1. The third-order valence-corrected chi connectivity index (χ3v) is 5.99. The Hall–Kier alpha value is -2.97. The van der Waals surface area contributed by atoms with Crippen LogP contribution >= 0.6 is 11.6 Å². The first kappa shape index (κ1) is 22.2. The number of carbonyl (C=O) groups is 2. The summed E-state index contributed by atoms with van der Waals surface area (Å²) in [6, 6.07) is 12.0. The van der Waals surface area contributed by atoms with Crippen molar-refractivity contribution in [3.8, 4) is 17.2 Å². The van der Waals surface area contributed by atoms with Gasteiger partial charge in [0.2, 0.25) is 12.0 Å². The third kappa shape index (κ3) is 4.76. The summed E-state index contributed by atoms with van der Waals surface area (Å²) >= 11 is 6.05. The van der Waals surface area contributed by atoms with Crippen LogP contribution in [0.2, 0.25) is 5.02 Å². The van der Waals surface area contributed by atoms with Crippen LogP contribution in [0.5, 0.6) is 17.2 Å². The lowest BCUT2D eigenvalue weighted by atomic mass is 10.2. The Morgan fingerprint density at radius 3 is 2.56 bits per heavy atom. The molecule has 0 aliphatic carbocycles. The first-order valence-corrected chi connectivity index (χ1v) is 10.9. The molecule has 2 aromatic rings. The van der Waals surface area contributed by atoms with E-state index in [4.69, 9.17) is 25.8 Å². The van der Waals surface area contributed by atoms with Crippen LogP contribution in [0, 0.1) is 0 Å². The number of hydrogen-bond acceptors (Lipinski definition) is 6. The standard InChI is InChI=1S/C23H26ClN3O5/c1-15(22(28)25-17-13-16(24)7-8-18(17)30-2)26-9-11-27(12-10-26)23(29)21-14-31-19-5-3-4-6-20(19)32-21/h3-8,13,15,21H,9-12,14H2,1-2H3,(H,25,28). The molecule has 2 unspecified atom stereocenters. The van der Waals surface area contributed by atoms with Gasteiger partial charge in [0.15, 0.2) is 11.5 Å². The van der Waals surface area contributed by atoms with Crippen LogP contribution in [0.4, 0.5) is 5.69 Å². The predicted molar refractivity (Wildman–Crippen MR) is 121 cm³/mol. The number of para-hydroxylation sites is 2. The van der Waals surface area contributed by atoms with Gasteiger partial charge >= 0.3 is 0 Å².